The lowest BCUT2D eigenvalue weighted by molar-refractivity contribution is 0.390. The van der Waals surface area contributed by atoms with E-state index in [2.05, 4.69) is 22.9 Å². The normalized spacial score (nSPS) is 14.5. The van der Waals surface area contributed by atoms with E-state index < -0.39 is 6.17 Å². The molecule has 0 spiro atoms. The zero-order valence-corrected chi connectivity index (χ0v) is 5.04. The minimum atomic E-state index is -0.899. The van der Waals surface area contributed by atoms with Gasteiger partial charge in [-0.25, -0.2) is 4.39 Å². The van der Waals surface area contributed by atoms with E-state index in [4.69, 9.17) is 0 Å². The van der Waals surface area contributed by atoms with Crippen molar-refractivity contribution in [3.05, 3.63) is 6.92 Å². The van der Waals surface area contributed by atoms with Crippen LogP contribution in [0.4, 0.5) is 4.39 Å². The van der Waals surface area contributed by atoms with Crippen molar-refractivity contribution in [3.8, 4) is 0 Å². The quantitative estimate of drug-likeness (QED) is 0.533. The van der Waals surface area contributed by atoms with Crippen molar-refractivity contribution in [2.45, 2.75) is 12.6 Å². The highest BCUT2D eigenvalue weighted by Gasteiger charge is 1.91. The van der Waals surface area contributed by atoms with E-state index >= 15 is 0 Å². The van der Waals surface area contributed by atoms with Crippen molar-refractivity contribution in [1.29, 1.82) is 0 Å². The highest BCUT2D eigenvalue weighted by atomic mass is 79.9. The summed E-state index contributed by atoms with van der Waals surface area (Å²) in [7, 11) is 0. The van der Waals surface area contributed by atoms with Gasteiger partial charge in [0.2, 0.25) is 0 Å². The van der Waals surface area contributed by atoms with E-state index in [0.717, 1.165) is 0 Å². The van der Waals surface area contributed by atoms with Gasteiger partial charge >= 0.3 is 0 Å². The van der Waals surface area contributed by atoms with E-state index in [9.17, 15) is 4.39 Å². The van der Waals surface area contributed by atoms with Gasteiger partial charge in [-0.2, -0.15) is 0 Å². The summed E-state index contributed by atoms with van der Waals surface area (Å²) in [5.41, 5.74) is 0. The van der Waals surface area contributed by atoms with Crippen LogP contribution in [0.1, 0.15) is 6.42 Å². The van der Waals surface area contributed by atoms with Crippen LogP contribution in [0, 0.1) is 6.92 Å². The van der Waals surface area contributed by atoms with Crippen LogP contribution in [0.25, 0.3) is 0 Å². The molecule has 0 N–H and O–H groups in total. The van der Waals surface area contributed by atoms with Crippen molar-refractivity contribution in [1.82, 2.24) is 0 Å². The summed E-state index contributed by atoms with van der Waals surface area (Å²) in [6.45, 7) is 3.13. The third-order valence-corrected chi connectivity index (χ3v) is 0.880. The lowest BCUT2D eigenvalue weighted by atomic mass is 10.3. The molecule has 0 aliphatic rings. The number of alkyl halides is 2. The molecule has 0 aromatic carbocycles. The molecule has 1 atom stereocenters. The van der Waals surface area contributed by atoms with E-state index in [1.165, 1.54) is 0 Å². The average Bonchev–Trinajstić information content (AvgIpc) is 1.35. The molecular weight excluding hydrogens is 147 g/mol. The van der Waals surface area contributed by atoms with Crippen LogP contribution in [-0.2, 0) is 0 Å². The largest absolute Gasteiger partial charge is 0.247 e. The first kappa shape index (κ1) is 6.41. The van der Waals surface area contributed by atoms with E-state index in [1.807, 2.05) is 0 Å². The fourth-order valence-corrected chi connectivity index (χ4v) is 0.615. The standard InChI is InChI=1S/C4H7BrF/c1-4(6)2-3-5/h4H,1-3H2. The number of hydrogen-bond acceptors (Lipinski definition) is 0. The molecule has 0 aliphatic carbocycles. The Balaban J connectivity index is 2.63. The second kappa shape index (κ2) is 3.59. The Morgan fingerprint density at radius 2 is 2.33 bits per heavy atom. The SMILES string of the molecule is [CH2]C(F)CCBr. The van der Waals surface area contributed by atoms with Crippen molar-refractivity contribution in [3.63, 3.8) is 0 Å². The van der Waals surface area contributed by atoms with Gasteiger partial charge in [-0.05, 0) is 13.3 Å². The number of rotatable bonds is 2. The molecule has 0 saturated heterocycles. The summed E-state index contributed by atoms with van der Waals surface area (Å²) >= 11 is 3.07. The zero-order chi connectivity index (χ0) is 4.99. The molecule has 0 saturated carbocycles. The van der Waals surface area contributed by atoms with E-state index in [0.29, 0.717) is 11.8 Å². The van der Waals surface area contributed by atoms with Crippen LogP contribution >= 0.6 is 15.9 Å². The molecule has 0 heterocycles. The van der Waals surface area contributed by atoms with Gasteiger partial charge in [0.1, 0.15) is 6.17 Å². The maximum atomic E-state index is 11.6. The monoisotopic (exact) mass is 153 g/mol. The number of halogens is 2. The maximum Gasteiger partial charge on any atom is 0.101 e. The second-order valence-corrected chi connectivity index (χ2v) is 1.87. The van der Waals surface area contributed by atoms with Gasteiger partial charge in [-0.3, -0.25) is 0 Å². The van der Waals surface area contributed by atoms with Gasteiger partial charge in [0, 0.05) is 5.33 Å². The molecule has 0 aromatic rings. The molecule has 37 valence electrons. The Morgan fingerprint density at radius 1 is 1.83 bits per heavy atom. The Bertz CT molecular complexity index is 28.7. The first-order valence-corrected chi connectivity index (χ1v) is 2.92. The first-order chi connectivity index (χ1) is 2.77. The second-order valence-electron chi connectivity index (χ2n) is 1.07. The van der Waals surface area contributed by atoms with Crippen LogP contribution in [0.3, 0.4) is 0 Å². The lowest BCUT2D eigenvalue weighted by Crippen LogP contribution is -1.90. The molecule has 0 aliphatic heterocycles. The van der Waals surface area contributed by atoms with E-state index in [1.54, 1.807) is 0 Å². The molecule has 0 rings (SSSR count). The van der Waals surface area contributed by atoms with Gasteiger partial charge < -0.3 is 0 Å². The fourth-order valence-electron chi connectivity index (χ4n) is 0.118. The van der Waals surface area contributed by atoms with Gasteiger partial charge in [-0.1, -0.05) is 15.9 Å². The molecule has 0 fully saturated rings. The highest BCUT2D eigenvalue weighted by molar-refractivity contribution is 9.09. The average molecular weight is 154 g/mol. The van der Waals surface area contributed by atoms with Crippen LogP contribution in [0.15, 0.2) is 0 Å². The molecule has 0 bridgehead atoms. The minimum absolute atomic E-state index is 0.514. The molecule has 1 radical (unpaired) electrons. The molecule has 2 heteroatoms. The Kier molecular flexibility index (Phi) is 3.84. The third-order valence-electron chi connectivity index (χ3n) is 0.422. The molecule has 0 nitrogen and oxygen atoms in total. The van der Waals surface area contributed by atoms with Crippen molar-refractivity contribution in [2.24, 2.45) is 0 Å². The molecule has 1 unspecified atom stereocenters. The van der Waals surface area contributed by atoms with Gasteiger partial charge in [0.25, 0.3) is 0 Å². The predicted octanol–water partition coefficient (Wildman–Crippen LogP) is 1.94. The summed E-state index contributed by atoms with van der Waals surface area (Å²) in [6, 6.07) is 0. The smallest absolute Gasteiger partial charge is 0.101 e. The Morgan fingerprint density at radius 3 is 2.33 bits per heavy atom. The van der Waals surface area contributed by atoms with Crippen molar-refractivity contribution in [2.75, 3.05) is 5.33 Å². The Hall–Kier alpha value is 0.410. The van der Waals surface area contributed by atoms with Gasteiger partial charge in [-0.15, -0.1) is 0 Å². The summed E-state index contributed by atoms with van der Waals surface area (Å²) < 4.78 is 11.6. The molecule has 0 aromatic heterocycles. The van der Waals surface area contributed by atoms with Crippen LogP contribution in [-0.4, -0.2) is 11.5 Å². The minimum Gasteiger partial charge on any atom is -0.247 e. The maximum absolute atomic E-state index is 11.6. The first-order valence-electron chi connectivity index (χ1n) is 1.80. The van der Waals surface area contributed by atoms with Crippen LogP contribution < -0.4 is 0 Å². The van der Waals surface area contributed by atoms with Gasteiger partial charge in [0.05, 0.1) is 0 Å². The van der Waals surface area contributed by atoms with Crippen LogP contribution in [0.2, 0.25) is 0 Å². The van der Waals surface area contributed by atoms with Crippen molar-refractivity contribution < 1.29 is 4.39 Å². The van der Waals surface area contributed by atoms with Crippen LogP contribution in [0.5, 0.6) is 0 Å². The lowest BCUT2D eigenvalue weighted by Gasteiger charge is -1.90. The molecule has 6 heavy (non-hydrogen) atoms. The zero-order valence-electron chi connectivity index (χ0n) is 3.45. The number of hydrogen-bond donors (Lipinski definition) is 0. The fraction of sp³-hybridized carbons (Fsp3) is 0.750. The molecular formula is C4H7BrF. The third kappa shape index (κ3) is 4.41. The Labute approximate surface area is 45.9 Å². The molecule has 0 amide bonds. The van der Waals surface area contributed by atoms with E-state index in [-0.39, 0.29) is 0 Å². The van der Waals surface area contributed by atoms with Gasteiger partial charge in [0.15, 0.2) is 0 Å². The summed E-state index contributed by atoms with van der Waals surface area (Å²) in [5, 5.41) is 0.706. The summed E-state index contributed by atoms with van der Waals surface area (Å²) in [4.78, 5) is 0. The predicted molar refractivity (Wildman–Crippen MR) is 28.7 cm³/mol. The summed E-state index contributed by atoms with van der Waals surface area (Å²) in [6.07, 6.45) is -0.385. The highest BCUT2D eigenvalue weighted by Crippen LogP contribution is 1.96. The topological polar surface area (TPSA) is 0 Å². The summed E-state index contributed by atoms with van der Waals surface area (Å²) in [5.74, 6) is 0. The van der Waals surface area contributed by atoms with Crippen molar-refractivity contribution >= 4 is 15.9 Å².